The lowest BCUT2D eigenvalue weighted by Gasteiger charge is -2.28. The summed E-state index contributed by atoms with van der Waals surface area (Å²) < 4.78 is 7.79. The van der Waals surface area contributed by atoms with Crippen LogP contribution in [0.2, 0.25) is 0 Å². The number of aliphatic hydroxyl groups excluding tert-OH is 1. The molecule has 0 bridgehead atoms. The Kier molecular flexibility index (Phi) is 13.3. The van der Waals surface area contributed by atoms with Gasteiger partial charge in [0.15, 0.2) is 0 Å². The predicted molar refractivity (Wildman–Crippen MR) is 154 cm³/mol. The van der Waals surface area contributed by atoms with Crippen LogP contribution in [0.5, 0.6) is 0 Å². The van der Waals surface area contributed by atoms with E-state index < -0.39 is 12.1 Å². The molecule has 38 heavy (non-hydrogen) atoms. The standard InChI is InChI=1S/C30H50N4O4/c1-7-9-14-32-29(36)21(5)15-28(35)26(31)16-23(20(3)4)17-33-30(37)25-19-34(18-22(6)38-8-2)27-13-11-10-12-24(25)27/h10-13,19-23,26,28,35H,7-9,14-18,31H2,1-6H3,(H,32,36)(H,33,37)/t21-,22-,23?,26+,28+/m1/s1. The summed E-state index contributed by atoms with van der Waals surface area (Å²) in [5.74, 6) is -0.137. The number of aromatic nitrogens is 1. The van der Waals surface area contributed by atoms with E-state index in [0.717, 1.165) is 23.7 Å². The third-order valence-electron chi connectivity index (χ3n) is 7.35. The smallest absolute Gasteiger partial charge is 0.253 e. The number of para-hydroxylation sites is 1. The van der Waals surface area contributed by atoms with E-state index in [-0.39, 0.29) is 35.7 Å². The largest absolute Gasteiger partial charge is 0.391 e. The molecular weight excluding hydrogens is 480 g/mol. The molecule has 0 aliphatic heterocycles. The van der Waals surface area contributed by atoms with Crippen LogP contribution < -0.4 is 16.4 Å². The summed E-state index contributed by atoms with van der Waals surface area (Å²) in [6, 6.07) is 7.43. The molecule has 5 N–H and O–H groups in total. The molecular formula is C30H50N4O4. The zero-order chi connectivity index (χ0) is 28.2. The van der Waals surface area contributed by atoms with Crippen LogP contribution in [0, 0.1) is 17.8 Å². The fourth-order valence-electron chi connectivity index (χ4n) is 4.82. The van der Waals surface area contributed by atoms with E-state index in [1.807, 2.05) is 51.2 Å². The van der Waals surface area contributed by atoms with Gasteiger partial charge in [0.05, 0.1) is 17.8 Å². The van der Waals surface area contributed by atoms with E-state index in [2.05, 4.69) is 36.0 Å². The monoisotopic (exact) mass is 530 g/mol. The van der Waals surface area contributed by atoms with E-state index in [9.17, 15) is 14.7 Å². The van der Waals surface area contributed by atoms with Gasteiger partial charge in [-0.05, 0) is 51.0 Å². The van der Waals surface area contributed by atoms with Crippen molar-refractivity contribution in [2.75, 3.05) is 19.7 Å². The number of ether oxygens (including phenoxy) is 1. The van der Waals surface area contributed by atoms with Crippen molar-refractivity contribution in [3.63, 3.8) is 0 Å². The number of hydrogen-bond acceptors (Lipinski definition) is 5. The molecule has 1 unspecified atom stereocenters. The summed E-state index contributed by atoms with van der Waals surface area (Å²) in [5, 5.41) is 17.7. The van der Waals surface area contributed by atoms with Gasteiger partial charge < -0.3 is 30.8 Å². The first-order valence-electron chi connectivity index (χ1n) is 14.3. The van der Waals surface area contributed by atoms with Gasteiger partial charge >= 0.3 is 0 Å². The first-order chi connectivity index (χ1) is 18.1. The normalized spacial score (nSPS) is 15.7. The van der Waals surface area contributed by atoms with Crippen LogP contribution in [0.4, 0.5) is 0 Å². The second-order valence-corrected chi connectivity index (χ2v) is 10.9. The Hall–Kier alpha value is -2.42. The summed E-state index contributed by atoms with van der Waals surface area (Å²) in [6.07, 6.45) is 3.98. The molecule has 0 fully saturated rings. The van der Waals surface area contributed by atoms with Crippen LogP contribution >= 0.6 is 0 Å². The van der Waals surface area contributed by atoms with Gasteiger partial charge in [-0.3, -0.25) is 9.59 Å². The van der Waals surface area contributed by atoms with Crippen LogP contribution in [0.15, 0.2) is 30.5 Å². The van der Waals surface area contributed by atoms with Crippen LogP contribution in [-0.4, -0.2) is 59.4 Å². The quantitative estimate of drug-likeness (QED) is 0.230. The molecule has 5 atom stereocenters. The minimum absolute atomic E-state index is 0.0371. The van der Waals surface area contributed by atoms with Crippen molar-refractivity contribution in [1.29, 1.82) is 0 Å². The molecule has 0 aliphatic rings. The summed E-state index contributed by atoms with van der Waals surface area (Å²) in [5.41, 5.74) is 8.02. The van der Waals surface area contributed by atoms with Crippen LogP contribution in [0.25, 0.3) is 10.9 Å². The Bertz CT molecular complexity index is 1010. The van der Waals surface area contributed by atoms with E-state index in [4.69, 9.17) is 10.5 Å². The number of aliphatic hydroxyl groups is 1. The maximum Gasteiger partial charge on any atom is 0.253 e. The highest BCUT2D eigenvalue weighted by molar-refractivity contribution is 6.07. The number of carbonyl (C=O) groups excluding carboxylic acids is 2. The van der Waals surface area contributed by atoms with Crippen LogP contribution in [0.1, 0.15) is 77.6 Å². The summed E-state index contributed by atoms with van der Waals surface area (Å²) in [4.78, 5) is 25.6. The highest BCUT2D eigenvalue weighted by Gasteiger charge is 2.26. The minimum atomic E-state index is -0.788. The lowest BCUT2D eigenvalue weighted by molar-refractivity contribution is -0.125. The first kappa shape index (κ1) is 31.8. The average molecular weight is 531 g/mol. The summed E-state index contributed by atoms with van der Waals surface area (Å²) >= 11 is 0. The van der Waals surface area contributed by atoms with Crippen molar-refractivity contribution in [3.05, 3.63) is 36.0 Å². The highest BCUT2D eigenvalue weighted by atomic mass is 16.5. The minimum Gasteiger partial charge on any atom is -0.391 e. The summed E-state index contributed by atoms with van der Waals surface area (Å²) in [7, 11) is 0. The Labute approximate surface area is 228 Å². The van der Waals surface area contributed by atoms with Crippen molar-refractivity contribution in [3.8, 4) is 0 Å². The molecule has 8 nitrogen and oxygen atoms in total. The Morgan fingerprint density at radius 3 is 2.45 bits per heavy atom. The maximum atomic E-state index is 13.3. The fraction of sp³-hybridized carbons (Fsp3) is 0.667. The lowest BCUT2D eigenvalue weighted by Crippen LogP contribution is -2.42. The molecule has 1 heterocycles. The van der Waals surface area contributed by atoms with E-state index in [0.29, 0.717) is 44.6 Å². The molecule has 8 heteroatoms. The number of unbranched alkanes of at least 4 members (excludes halogenated alkanes) is 1. The zero-order valence-corrected chi connectivity index (χ0v) is 24.2. The number of nitrogens with zero attached hydrogens (tertiary/aromatic N) is 1. The van der Waals surface area contributed by atoms with Gasteiger partial charge in [0.2, 0.25) is 5.91 Å². The van der Waals surface area contributed by atoms with Crippen LogP contribution in [0.3, 0.4) is 0 Å². The average Bonchev–Trinajstić information content (AvgIpc) is 3.24. The number of rotatable bonds is 17. The van der Waals surface area contributed by atoms with Gasteiger partial charge in [0.1, 0.15) is 0 Å². The molecule has 0 saturated carbocycles. The number of amides is 2. The molecule has 2 rings (SSSR count). The van der Waals surface area contributed by atoms with Gasteiger partial charge in [0, 0.05) is 55.3 Å². The topological polar surface area (TPSA) is 119 Å². The molecule has 0 aliphatic carbocycles. The molecule has 2 amide bonds. The second-order valence-electron chi connectivity index (χ2n) is 10.9. The van der Waals surface area contributed by atoms with E-state index in [1.165, 1.54) is 0 Å². The van der Waals surface area contributed by atoms with Gasteiger partial charge in [-0.2, -0.15) is 0 Å². The Morgan fingerprint density at radius 1 is 1.08 bits per heavy atom. The first-order valence-corrected chi connectivity index (χ1v) is 14.3. The van der Waals surface area contributed by atoms with Gasteiger partial charge in [-0.1, -0.05) is 52.3 Å². The molecule has 0 spiro atoms. The highest BCUT2D eigenvalue weighted by Crippen LogP contribution is 2.23. The van der Waals surface area contributed by atoms with Gasteiger partial charge in [-0.15, -0.1) is 0 Å². The number of benzene rings is 1. The SMILES string of the molecule is CCCCNC(=O)[C@H](C)C[C@H](O)[C@@H](N)CC(CNC(=O)c1cn(C[C@@H](C)OCC)c2ccccc12)C(C)C. The van der Waals surface area contributed by atoms with E-state index >= 15 is 0 Å². The number of fused-ring (bicyclic) bond motifs is 1. The van der Waals surface area contributed by atoms with Crippen molar-refractivity contribution in [1.82, 2.24) is 15.2 Å². The second kappa shape index (κ2) is 15.9. The Balaban J connectivity index is 2.00. The number of hydrogen-bond donors (Lipinski definition) is 4. The van der Waals surface area contributed by atoms with Crippen molar-refractivity contribution < 1.29 is 19.4 Å². The molecule has 0 saturated heterocycles. The van der Waals surface area contributed by atoms with Crippen molar-refractivity contribution >= 4 is 22.7 Å². The molecule has 214 valence electrons. The predicted octanol–water partition coefficient (Wildman–Crippen LogP) is 4.09. The van der Waals surface area contributed by atoms with Gasteiger partial charge in [-0.25, -0.2) is 0 Å². The maximum absolute atomic E-state index is 13.3. The lowest BCUT2D eigenvalue weighted by atomic mass is 9.86. The number of carbonyl (C=O) groups is 2. The van der Waals surface area contributed by atoms with Crippen molar-refractivity contribution in [2.24, 2.45) is 23.5 Å². The third-order valence-corrected chi connectivity index (χ3v) is 7.35. The zero-order valence-electron chi connectivity index (χ0n) is 24.2. The molecule has 1 aromatic carbocycles. The molecule has 1 aromatic heterocycles. The molecule has 0 radical (unpaired) electrons. The molecule has 2 aromatic rings. The number of nitrogens with one attached hydrogen (secondary N) is 2. The van der Waals surface area contributed by atoms with Crippen molar-refractivity contribution in [2.45, 2.75) is 92.0 Å². The van der Waals surface area contributed by atoms with Gasteiger partial charge in [0.25, 0.3) is 5.91 Å². The van der Waals surface area contributed by atoms with Crippen LogP contribution in [-0.2, 0) is 16.1 Å². The van der Waals surface area contributed by atoms with E-state index in [1.54, 1.807) is 0 Å². The summed E-state index contributed by atoms with van der Waals surface area (Å²) in [6.45, 7) is 14.5. The third kappa shape index (κ3) is 9.40. The Morgan fingerprint density at radius 2 is 1.79 bits per heavy atom. The number of nitrogens with two attached hydrogens (primary N) is 1. The fourth-order valence-corrected chi connectivity index (χ4v) is 4.82.